The summed E-state index contributed by atoms with van der Waals surface area (Å²) in [5.74, 6) is 0.211. The lowest BCUT2D eigenvalue weighted by molar-refractivity contribution is -0.140. The summed E-state index contributed by atoms with van der Waals surface area (Å²) in [6.07, 6.45) is 0.480. The smallest absolute Gasteiger partial charge is 0.243 e. The molecule has 168 valence electrons. The normalized spacial score (nSPS) is 12.3. The summed E-state index contributed by atoms with van der Waals surface area (Å²) in [6, 6.07) is 12.9. The fourth-order valence-corrected chi connectivity index (χ4v) is 4.20. The van der Waals surface area contributed by atoms with E-state index in [9.17, 15) is 14.0 Å². The van der Waals surface area contributed by atoms with Crippen molar-refractivity contribution in [2.75, 3.05) is 5.75 Å². The largest absolute Gasteiger partial charge is 0.350 e. The lowest BCUT2D eigenvalue weighted by atomic mass is 10.1. The average molecular weight is 465 g/mol. The summed E-state index contributed by atoms with van der Waals surface area (Å²) in [4.78, 5) is 27.7. The molecule has 0 radical (unpaired) electrons. The summed E-state index contributed by atoms with van der Waals surface area (Å²) in [5, 5.41) is 3.63. The number of hydrogen-bond donors (Lipinski definition) is 1. The number of rotatable bonds is 9. The van der Waals surface area contributed by atoms with Gasteiger partial charge in [-0.05, 0) is 62.6 Å². The van der Waals surface area contributed by atoms with E-state index in [1.165, 1.54) is 23.9 Å². The van der Waals surface area contributed by atoms with Crippen molar-refractivity contribution in [2.45, 2.75) is 58.0 Å². The van der Waals surface area contributed by atoms with Gasteiger partial charge in [0.25, 0.3) is 0 Å². The lowest BCUT2D eigenvalue weighted by Gasteiger charge is -2.33. The Morgan fingerprint density at radius 2 is 1.81 bits per heavy atom. The van der Waals surface area contributed by atoms with Gasteiger partial charge in [0.05, 0.1) is 5.75 Å². The van der Waals surface area contributed by atoms with Gasteiger partial charge >= 0.3 is 0 Å². The molecule has 0 fully saturated rings. The lowest BCUT2D eigenvalue weighted by Crippen LogP contribution is -2.53. The molecule has 2 aromatic rings. The Morgan fingerprint density at radius 1 is 1.13 bits per heavy atom. The summed E-state index contributed by atoms with van der Waals surface area (Å²) in [7, 11) is 0. The number of nitrogens with zero attached hydrogens (tertiary/aromatic N) is 1. The van der Waals surface area contributed by atoms with Gasteiger partial charge in [-0.2, -0.15) is 0 Å². The Bertz CT molecular complexity index is 884. The van der Waals surface area contributed by atoms with Gasteiger partial charge in [0.2, 0.25) is 11.8 Å². The van der Waals surface area contributed by atoms with Crippen molar-refractivity contribution < 1.29 is 14.0 Å². The first-order chi connectivity index (χ1) is 14.6. The average Bonchev–Trinajstić information content (AvgIpc) is 2.68. The number of carbonyl (C=O) groups excluding carboxylic acids is 2. The van der Waals surface area contributed by atoms with Crippen LogP contribution < -0.4 is 5.32 Å². The van der Waals surface area contributed by atoms with Crippen molar-refractivity contribution in [2.24, 2.45) is 0 Å². The summed E-state index contributed by atoms with van der Waals surface area (Å²) < 4.78 is 13.3. The molecular formula is C24H30ClFN2O2S. The van der Waals surface area contributed by atoms with E-state index in [2.05, 4.69) is 5.32 Å². The molecule has 2 rings (SSSR count). The first-order valence-electron chi connectivity index (χ1n) is 10.3. The number of nitrogens with one attached hydrogen (secondary N) is 1. The molecule has 0 aliphatic rings. The molecule has 1 N–H and O–H groups in total. The fraction of sp³-hybridized carbons (Fsp3) is 0.417. The Labute approximate surface area is 193 Å². The highest BCUT2D eigenvalue weighted by molar-refractivity contribution is 7.99. The first kappa shape index (κ1) is 25.2. The quantitative estimate of drug-likeness (QED) is 0.538. The van der Waals surface area contributed by atoms with Gasteiger partial charge in [0.15, 0.2) is 0 Å². The highest BCUT2D eigenvalue weighted by Gasteiger charge is 2.30. The predicted octanol–water partition coefficient (Wildman–Crippen LogP) is 5.43. The molecule has 4 nitrogen and oxygen atoms in total. The van der Waals surface area contributed by atoms with Crippen LogP contribution in [0.3, 0.4) is 0 Å². The summed E-state index contributed by atoms with van der Waals surface area (Å²) >= 11 is 7.51. The van der Waals surface area contributed by atoms with Crippen LogP contribution in [0.25, 0.3) is 0 Å². The molecule has 0 aliphatic heterocycles. The number of halogens is 2. The maximum atomic E-state index is 13.3. The van der Waals surface area contributed by atoms with Gasteiger partial charge < -0.3 is 10.2 Å². The van der Waals surface area contributed by atoms with E-state index in [0.29, 0.717) is 17.2 Å². The Kier molecular flexibility index (Phi) is 9.38. The van der Waals surface area contributed by atoms with Gasteiger partial charge in [-0.15, -0.1) is 11.8 Å². The maximum Gasteiger partial charge on any atom is 0.243 e. The summed E-state index contributed by atoms with van der Waals surface area (Å²) in [6.45, 7) is 7.85. The first-order valence-corrected chi connectivity index (χ1v) is 11.8. The van der Waals surface area contributed by atoms with Crippen molar-refractivity contribution in [3.05, 3.63) is 70.5 Å². The minimum Gasteiger partial charge on any atom is -0.350 e. The van der Waals surface area contributed by atoms with E-state index in [1.54, 1.807) is 17.0 Å². The topological polar surface area (TPSA) is 49.4 Å². The number of thioether (sulfide) groups is 1. The van der Waals surface area contributed by atoms with Crippen LogP contribution in [-0.2, 0) is 21.9 Å². The van der Waals surface area contributed by atoms with E-state index in [4.69, 9.17) is 11.6 Å². The zero-order chi connectivity index (χ0) is 23.0. The second kappa shape index (κ2) is 11.5. The Balaban J connectivity index is 2.15. The third-order valence-electron chi connectivity index (χ3n) is 4.53. The zero-order valence-electron chi connectivity index (χ0n) is 18.5. The highest BCUT2D eigenvalue weighted by Crippen LogP contribution is 2.20. The second-order valence-corrected chi connectivity index (χ2v) is 9.86. The van der Waals surface area contributed by atoms with Gasteiger partial charge in [0, 0.05) is 22.9 Å². The third-order valence-corrected chi connectivity index (χ3v) is 5.76. The highest BCUT2D eigenvalue weighted by atomic mass is 35.5. The second-order valence-electron chi connectivity index (χ2n) is 8.43. The molecule has 0 heterocycles. The predicted molar refractivity (Wildman–Crippen MR) is 127 cm³/mol. The molecule has 2 amide bonds. The van der Waals surface area contributed by atoms with Crippen LogP contribution in [0.1, 0.15) is 45.2 Å². The minimum atomic E-state index is -0.608. The number of benzene rings is 2. The van der Waals surface area contributed by atoms with E-state index < -0.39 is 11.6 Å². The minimum absolute atomic E-state index is 0.132. The Morgan fingerprint density at radius 3 is 2.39 bits per heavy atom. The molecule has 31 heavy (non-hydrogen) atoms. The number of amides is 2. The SMILES string of the molecule is CCC(C(=O)NC(C)(C)C)N(Cc1ccc(F)cc1)C(=O)CSCc1cccc(Cl)c1. The maximum absolute atomic E-state index is 13.3. The van der Waals surface area contributed by atoms with Crippen molar-refractivity contribution in [3.63, 3.8) is 0 Å². The van der Waals surface area contributed by atoms with E-state index >= 15 is 0 Å². The standard InChI is InChI=1S/C24H30ClFN2O2S/c1-5-21(23(30)27-24(2,3)4)28(14-17-9-11-20(26)12-10-17)22(29)16-31-15-18-7-6-8-19(25)13-18/h6-13,21H,5,14-16H2,1-4H3,(H,27,30). The van der Waals surface area contributed by atoms with Crippen molar-refractivity contribution in [3.8, 4) is 0 Å². The molecule has 0 saturated carbocycles. The van der Waals surface area contributed by atoms with Crippen LogP contribution in [0.5, 0.6) is 0 Å². The van der Waals surface area contributed by atoms with Crippen LogP contribution in [0, 0.1) is 5.82 Å². The zero-order valence-corrected chi connectivity index (χ0v) is 20.0. The molecule has 0 aliphatic carbocycles. The van der Waals surface area contributed by atoms with Gasteiger partial charge in [-0.25, -0.2) is 4.39 Å². The molecule has 1 unspecified atom stereocenters. The monoisotopic (exact) mass is 464 g/mol. The fourth-order valence-electron chi connectivity index (χ4n) is 3.12. The van der Waals surface area contributed by atoms with Crippen LogP contribution in [0.15, 0.2) is 48.5 Å². The van der Waals surface area contributed by atoms with Gasteiger partial charge in [-0.3, -0.25) is 9.59 Å². The van der Waals surface area contributed by atoms with Crippen LogP contribution in [0.4, 0.5) is 4.39 Å². The van der Waals surface area contributed by atoms with Crippen LogP contribution in [-0.4, -0.2) is 34.0 Å². The molecular weight excluding hydrogens is 435 g/mol. The van der Waals surface area contributed by atoms with Crippen LogP contribution >= 0.6 is 23.4 Å². The number of hydrogen-bond acceptors (Lipinski definition) is 3. The van der Waals surface area contributed by atoms with Gasteiger partial charge in [0.1, 0.15) is 11.9 Å². The third kappa shape index (κ3) is 8.54. The molecule has 0 aromatic heterocycles. The molecule has 7 heteroatoms. The van der Waals surface area contributed by atoms with Crippen molar-refractivity contribution in [1.29, 1.82) is 0 Å². The van der Waals surface area contributed by atoms with E-state index in [1.807, 2.05) is 52.0 Å². The summed E-state index contributed by atoms with van der Waals surface area (Å²) in [5.41, 5.74) is 1.40. The van der Waals surface area contributed by atoms with E-state index in [0.717, 1.165) is 11.1 Å². The molecule has 0 bridgehead atoms. The van der Waals surface area contributed by atoms with Crippen molar-refractivity contribution in [1.82, 2.24) is 10.2 Å². The molecule has 0 spiro atoms. The van der Waals surface area contributed by atoms with E-state index in [-0.39, 0.29) is 29.9 Å². The molecule has 2 aromatic carbocycles. The van der Waals surface area contributed by atoms with Crippen LogP contribution in [0.2, 0.25) is 5.02 Å². The van der Waals surface area contributed by atoms with Crippen molar-refractivity contribution >= 4 is 35.2 Å². The number of carbonyl (C=O) groups is 2. The molecule has 0 saturated heterocycles. The van der Waals surface area contributed by atoms with Gasteiger partial charge in [-0.1, -0.05) is 42.8 Å². The Hall–Kier alpha value is -2.05. The molecule has 1 atom stereocenters.